The standard InChI is InChI=1S/C20H15FN2O4/c21-16-9-3-13(4-10-16)12-23-11-1-2-17(19(23)25)22-18(24)14-5-7-15(8-6-14)20(26)27/h1-11H,12H2,(H,22,24)(H,26,27). The Morgan fingerprint density at radius 2 is 1.59 bits per heavy atom. The van der Waals surface area contributed by atoms with Gasteiger partial charge in [0.2, 0.25) is 0 Å². The maximum absolute atomic E-state index is 13.0. The van der Waals surface area contributed by atoms with Gasteiger partial charge in [0, 0.05) is 11.8 Å². The zero-order chi connectivity index (χ0) is 19.4. The molecule has 1 aromatic heterocycles. The Morgan fingerprint density at radius 3 is 2.22 bits per heavy atom. The van der Waals surface area contributed by atoms with Crippen molar-refractivity contribution >= 4 is 17.6 Å². The molecule has 0 radical (unpaired) electrons. The summed E-state index contributed by atoms with van der Waals surface area (Å²) in [5, 5.41) is 11.4. The van der Waals surface area contributed by atoms with Gasteiger partial charge in [0.15, 0.2) is 0 Å². The number of anilines is 1. The van der Waals surface area contributed by atoms with Crippen molar-refractivity contribution in [3.63, 3.8) is 0 Å². The van der Waals surface area contributed by atoms with Gasteiger partial charge in [0.1, 0.15) is 11.5 Å². The van der Waals surface area contributed by atoms with Crippen molar-refractivity contribution in [2.24, 2.45) is 0 Å². The van der Waals surface area contributed by atoms with Crippen molar-refractivity contribution in [1.29, 1.82) is 0 Å². The summed E-state index contributed by atoms with van der Waals surface area (Å²) in [6.45, 7) is 0.232. The predicted octanol–water partition coefficient (Wildman–Crippen LogP) is 2.99. The highest BCUT2D eigenvalue weighted by Crippen LogP contribution is 2.09. The minimum atomic E-state index is -1.09. The first-order valence-electron chi connectivity index (χ1n) is 8.02. The SMILES string of the molecule is O=C(O)c1ccc(C(=O)Nc2cccn(Cc3ccc(F)cc3)c2=O)cc1. The third kappa shape index (κ3) is 4.27. The molecule has 7 heteroatoms. The second-order valence-electron chi connectivity index (χ2n) is 5.82. The monoisotopic (exact) mass is 366 g/mol. The van der Waals surface area contributed by atoms with Gasteiger partial charge in [-0.15, -0.1) is 0 Å². The molecule has 0 fully saturated rings. The summed E-state index contributed by atoms with van der Waals surface area (Å²) in [7, 11) is 0. The van der Waals surface area contributed by atoms with Gasteiger partial charge >= 0.3 is 5.97 Å². The third-order valence-electron chi connectivity index (χ3n) is 3.93. The first-order chi connectivity index (χ1) is 12.9. The molecule has 2 N–H and O–H groups in total. The molecule has 136 valence electrons. The normalized spacial score (nSPS) is 10.4. The topological polar surface area (TPSA) is 88.4 Å². The highest BCUT2D eigenvalue weighted by molar-refractivity contribution is 6.04. The molecule has 1 amide bonds. The Hall–Kier alpha value is -3.74. The van der Waals surface area contributed by atoms with E-state index in [1.807, 2.05) is 0 Å². The van der Waals surface area contributed by atoms with Crippen LogP contribution in [0.4, 0.5) is 10.1 Å². The van der Waals surface area contributed by atoms with E-state index in [-0.39, 0.29) is 29.2 Å². The third-order valence-corrected chi connectivity index (χ3v) is 3.93. The van der Waals surface area contributed by atoms with Crippen LogP contribution in [0.5, 0.6) is 0 Å². The van der Waals surface area contributed by atoms with E-state index in [9.17, 15) is 18.8 Å². The summed E-state index contributed by atoms with van der Waals surface area (Å²) < 4.78 is 14.4. The van der Waals surface area contributed by atoms with E-state index in [1.54, 1.807) is 24.4 Å². The van der Waals surface area contributed by atoms with E-state index in [0.29, 0.717) is 0 Å². The fraction of sp³-hybridized carbons (Fsp3) is 0.0500. The average molecular weight is 366 g/mol. The van der Waals surface area contributed by atoms with Gasteiger partial charge in [0.05, 0.1) is 12.1 Å². The van der Waals surface area contributed by atoms with Crippen molar-refractivity contribution in [3.8, 4) is 0 Å². The van der Waals surface area contributed by atoms with Gasteiger partial charge in [-0.2, -0.15) is 0 Å². The maximum Gasteiger partial charge on any atom is 0.335 e. The Balaban J connectivity index is 1.79. The van der Waals surface area contributed by atoms with E-state index in [0.717, 1.165) is 5.56 Å². The summed E-state index contributed by atoms with van der Waals surface area (Å²) in [5.41, 5.74) is 0.719. The van der Waals surface area contributed by atoms with Crippen LogP contribution in [0.25, 0.3) is 0 Å². The zero-order valence-electron chi connectivity index (χ0n) is 14.1. The molecule has 0 bridgehead atoms. The summed E-state index contributed by atoms with van der Waals surface area (Å²) in [6.07, 6.45) is 1.57. The number of hydrogen-bond donors (Lipinski definition) is 2. The van der Waals surface area contributed by atoms with E-state index in [4.69, 9.17) is 5.11 Å². The Bertz CT molecular complexity index is 1040. The van der Waals surface area contributed by atoms with Crippen molar-refractivity contribution in [1.82, 2.24) is 4.57 Å². The molecular formula is C20H15FN2O4. The van der Waals surface area contributed by atoms with Crippen molar-refractivity contribution in [2.45, 2.75) is 6.54 Å². The first kappa shape index (κ1) is 18.1. The van der Waals surface area contributed by atoms with Crippen LogP contribution in [0.15, 0.2) is 71.7 Å². The number of benzene rings is 2. The number of aromatic carboxylic acids is 1. The van der Waals surface area contributed by atoms with Gasteiger partial charge in [-0.3, -0.25) is 9.59 Å². The minimum absolute atomic E-state index is 0.0629. The van der Waals surface area contributed by atoms with Crippen LogP contribution in [0, 0.1) is 5.82 Å². The lowest BCUT2D eigenvalue weighted by Crippen LogP contribution is -2.25. The Kier molecular flexibility index (Phi) is 5.12. The molecule has 0 saturated heterocycles. The molecule has 0 spiro atoms. The molecule has 0 saturated carbocycles. The number of carboxylic acids is 1. The van der Waals surface area contributed by atoms with Gasteiger partial charge < -0.3 is 15.0 Å². The number of carbonyl (C=O) groups is 2. The van der Waals surface area contributed by atoms with E-state index < -0.39 is 17.4 Å². The van der Waals surface area contributed by atoms with Crippen LogP contribution in [-0.2, 0) is 6.54 Å². The van der Waals surface area contributed by atoms with Gasteiger partial charge in [-0.1, -0.05) is 12.1 Å². The fourth-order valence-corrected chi connectivity index (χ4v) is 2.50. The molecule has 3 rings (SSSR count). The second kappa shape index (κ2) is 7.65. The van der Waals surface area contributed by atoms with Crippen LogP contribution in [0.1, 0.15) is 26.3 Å². The van der Waals surface area contributed by atoms with Gasteiger partial charge in [-0.25, -0.2) is 9.18 Å². The van der Waals surface area contributed by atoms with Crippen molar-refractivity contribution in [3.05, 3.63) is 99.7 Å². The molecule has 2 aromatic carbocycles. The highest BCUT2D eigenvalue weighted by Gasteiger charge is 2.11. The molecule has 27 heavy (non-hydrogen) atoms. The zero-order valence-corrected chi connectivity index (χ0v) is 14.1. The number of aromatic nitrogens is 1. The van der Waals surface area contributed by atoms with Crippen LogP contribution in [0.2, 0.25) is 0 Å². The molecule has 6 nitrogen and oxygen atoms in total. The molecule has 0 atom stereocenters. The van der Waals surface area contributed by atoms with E-state index in [2.05, 4.69) is 5.32 Å². The molecular weight excluding hydrogens is 351 g/mol. The molecule has 0 aliphatic rings. The van der Waals surface area contributed by atoms with Crippen LogP contribution in [0.3, 0.4) is 0 Å². The Morgan fingerprint density at radius 1 is 0.963 bits per heavy atom. The van der Waals surface area contributed by atoms with Crippen molar-refractivity contribution < 1.29 is 19.1 Å². The fourth-order valence-electron chi connectivity index (χ4n) is 2.50. The predicted molar refractivity (Wildman–Crippen MR) is 97.6 cm³/mol. The molecule has 3 aromatic rings. The minimum Gasteiger partial charge on any atom is -0.478 e. The van der Waals surface area contributed by atoms with Crippen molar-refractivity contribution in [2.75, 3.05) is 5.32 Å². The molecule has 0 unspecified atom stereocenters. The molecule has 0 aliphatic carbocycles. The Labute approximate surface area is 153 Å². The molecule has 1 heterocycles. The quantitative estimate of drug-likeness (QED) is 0.727. The number of rotatable bonds is 5. The number of pyridine rings is 1. The number of nitrogens with zero attached hydrogens (tertiary/aromatic N) is 1. The smallest absolute Gasteiger partial charge is 0.335 e. The lowest BCUT2D eigenvalue weighted by Gasteiger charge is -2.10. The number of carbonyl (C=O) groups excluding carboxylic acids is 1. The van der Waals surface area contributed by atoms with Gasteiger partial charge in [-0.05, 0) is 54.1 Å². The maximum atomic E-state index is 13.0. The summed E-state index contributed by atoms with van der Waals surface area (Å²) in [4.78, 5) is 35.7. The first-order valence-corrected chi connectivity index (χ1v) is 8.02. The van der Waals surface area contributed by atoms with E-state index >= 15 is 0 Å². The summed E-state index contributed by atoms with van der Waals surface area (Å²) in [5.74, 6) is -1.97. The number of carboxylic acid groups (broad SMARTS) is 1. The lowest BCUT2D eigenvalue weighted by molar-refractivity contribution is 0.0696. The van der Waals surface area contributed by atoms with Gasteiger partial charge in [0.25, 0.3) is 11.5 Å². The number of nitrogens with one attached hydrogen (secondary N) is 1. The highest BCUT2D eigenvalue weighted by atomic mass is 19.1. The second-order valence-corrected chi connectivity index (χ2v) is 5.82. The number of amides is 1. The summed E-state index contributed by atoms with van der Waals surface area (Å²) in [6, 6.07) is 14.3. The summed E-state index contributed by atoms with van der Waals surface area (Å²) >= 11 is 0. The van der Waals surface area contributed by atoms with Crippen LogP contribution in [-0.4, -0.2) is 21.6 Å². The average Bonchev–Trinajstić information content (AvgIpc) is 2.66. The van der Waals surface area contributed by atoms with Crippen LogP contribution < -0.4 is 10.9 Å². The number of halogens is 1. The van der Waals surface area contributed by atoms with Crippen LogP contribution >= 0.6 is 0 Å². The molecule has 0 aliphatic heterocycles. The number of hydrogen-bond acceptors (Lipinski definition) is 3. The van der Waals surface area contributed by atoms with E-state index in [1.165, 1.54) is 47.0 Å². The lowest BCUT2D eigenvalue weighted by atomic mass is 10.1. The largest absolute Gasteiger partial charge is 0.478 e.